The molecule has 0 bridgehead atoms. The summed E-state index contributed by atoms with van der Waals surface area (Å²) in [6.07, 6.45) is 2.65. The molecule has 1 saturated heterocycles. The third kappa shape index (κ3) is 2.13. The first-order valence-corrected chi connectivity index (χ1v) is 7.70. The van der Waals surface area contributed by atoms with Crippen LogP contribution in [-0.4, -0.2) is 31.3 Å². The number of hydrogen-bond acceptors (Lipinski definition) is 4. The third-order valence-electron chi connectivity index (χ3n) is 3.08. The fourth-order valence-electron chi connectivity index (χ4n) is 2.01. The highest BCUT2D eigenvalue weighted by molar-refractivity contribution is 9.08. The molecule has 2 fully saturated rings. The summed E-state index contributed by atoms with van der Waals surface area (Å²) >= 11 is 5.42. The van der Waals surface area contributed by atoms with Gasteiger partial charge in [0.1, 0.15) is 0 Å². The lowest BCUT2D eigenvalue weighted by molar-refractivity contribution is 0.122. The minimum Gasteiger partial charge on any atom is -0.378 e. The molecule has 0 aromatic carbocycles. The molecule has 88 valence electrons. The summed E-state index contributed by atoms with van der Waals surface area (Å²) in [6.45, 7) is 3.64. The fourth-order valence-corrected chi connectivity index (χ4v) is 3.69. The number of hydrogen-bond donors (Lipinski definition) is 0. The third-order valence-corrected chi connectivity index (χ3v) is 5.15. The predicted molar refractivity (Wildman–Crippen MR) is 69.8 cm³/mol. The number of rotatable bonds is 3. The number of anilines is 1. The summed E-state index contributed by atoms with van der Waals surface area (Å²) in [5.41, 5.74) is 1.35. The fraction of sp³-hybridized carbons (Fsp3) is 0.727. The Hall–Kier alpha value is -0.130. The van der Waals surface area contributed by atoms with E-state index in [-0.39, 0.29) is 0 Å². The molecule has 2 aliphatic rings. The van der Waals surface area contributed by atoms with E-state index < -0.39 is 0 Å². The van der Waals surface area contributed by atoms with E-state index >= 15 is 0 Å². The summed E-state index contributed by atoms with van der Waals surface area (Å²) in [5.74, 6) is 0.749. The van der Waals surface area contributed by atoms with Crippen molar-refractivity contribution in [3.05, 3.63) is 10.6 Å². The Morgan fingerprint density at radius 2 is 2.12 bits per heavy atom. The monoisotopic (exact) mass is 302 g/mol. The largest absolute Gasteiger partial charge is 0.378 e. The van der Waals surface area contributed by atoms with Gasteiger partial charge in [0.15, 0.2) is 5.13 Å². The standard InChI is InChI=1S/C11H15BrN2OS/c12-7-9-10(8-1-2-8)13-11(16-9)14-3-5-15-6-4-14/h8H,1-7H2. The van der Waals surface area contributed by atoms with Gasteiger partial charge >= 0.3 is 0 Å². The summed E-state index contributed by atoms with van der Waals surface area (Å²) in [5, 5.41) is 2.14. The van der Waals surface area contributed by atoms with E-state index in [0.29, 0.717) is 0 Å². The van der Waals surface area contributed by atoms with Crippen molar-refractivity contribution in [3.8, 4) is 0 Å². The van der Waals surface area contributed by atoms with Crippen LogP contribution >= 0.6 is 27.3 Å². The number of alkyl halides is 1. The molecule has 1 aromatic rings. The Morgan fingerprint density at radius 1 is 1.38 bits per heavy atom. The molecule has 0 amide bonds. The van der Waals surface area contributed by atoms with Crippen LogP contribution in [0.1, 0.15) is 29.3 Å². The highest BCUT2D eigenvalue weighted by Crippen LogP contribution is 2.44. The molecule has 0 unspecified atom stereocenters. The van der Waals surface area contributed by atoms with Crippen molar-refractivity contribution in [2.24, 2.45) is 0 Å². The summed E-state index contributed by atoms with van der Waals surface area (Å²) in [4.78, 5) is 8.60. The van der Waals surface area contributed by atoms with Crippen LogP contribution in [0.3, 0.4) is 0 Å². The van der Waals surface area contributed by atoms with Crippen LogP contribution < -0.4 is 4.90 Å². The Kier molecular flexibility index (Phi) is 3.18. The highest BCUT2D eigenvalue weighted by atomic mass is 79.9. The molecule has 2 heterocycles. The zero-order valence-corrected chi connectivity index (χ0v) is 11.5. The lowest BCUT2D eigenvalue weighted by Gasteiger charge is -2.26. The summed E-state index contributed by atoms with van der Waals surface area (Å²) < 4.78 is 5.37. The Morgan fingerprint density at radius 3 is 2.75 bits per heavy atom. The first-order valence-electron chi connectivity index (χ1n) is 5.76. The van der Waals surface area contributed by atoms with Crippen molar-refractivity contribution in [3.63, 3.8) is 0 Å². The molecule has 0 N–H and O–H groups in total. The molecular weight excluding hydrogens is 288 g/mol. The normalized spacial score (nSPS) is 21.4. The smallest absolute Gasteiger partial charge is 0.185 e. The van der Waals surface area contributed by atoms with Crippen molar-refractivity contribution in [2.75, 3.05) is 31.2 Å². The average molecular weight is 303 g/mol. The lowest BCUT2D eigenvalue weighted by atomic mass is 10.3. The Balaban J connectivity index is 1.83. The van der Waals surface area contributed by atoms with Gasteiger partial charge in [0, 0.05) is 29.2 Å². The van der Waals surface area contributed by atoms with E-state index in [4.69, 9.17) is 9.72 Å². The van der Waals surface area contributed by atoms with Crippen molar-refractivity contribution in [1.29, 1.82) is 0 Å². The lowest BCUT2D eigenvalue weighted by Crippen LogP contribution is -2.36. The van der Waals surface area contributed by atoms with E-state index in [9.17, 15) is 0 Å². The minimum atomic E-state index is 0.749. The molecule has 1 aliphatic carbocycles. The van der Waals surface area contributed by atoms with Crippen LogP contribution in [0, 0.1) is 0 Å². The molecule has 1 aliphatic heterocycles. The van der Waals surface area contributed by atoms with Gasteiger partial charge < -0.3 is 9.64 Å². The Labute approximate surface area is 108 Å². The van der Waals surface area contributed by atoms with Crippen LogP contribution in [0.5, 0.6) is 0 Å². The first kappa shape index (κ1) is 11.0. The average Bonchev–Trinajstić information content (AvgIpc) is 3.10. The van der Waals surface area contributed by atoms with E-state index in [1.807, 2.05) is 11.3 Å². The van der Waals surface area contributed by atoms with E-state index in [0.717, 1.165) is 37.6 Å². The molecule has 1 saturated carbocycles. The van der Waals surface area contributed by atoms with E-state index in [2.05, 4.69) is 20.8 Å². The van der Waals surface area contributed by atoms with Crippen LogP contribution in [0.25, 0.3) is 0 Å². The number of ether oxygens (including phenoxy) is 1. The van der Waals surface area contributed by atoms with E-state index in [1.165, 1.54) is 28.5 Å². The van der Waals surface area contributed by atoms with Crippen molar-refractivity contribution in [1.82, 2.24) is 4.98 Å². The first-order chi connectivity index (χ1) is 7.88. The quantitative estimate of drug-likeness (QED) is 0.803. The number of morpholine rings is 1. The second-order valence-electron chi connectivity index (χ2n) is 4.31. The topological polar surface area (TPSA) is 25.4 Å². The van der Waals surface area contributed by atoms with Gasteiger partial charge in [-0.05, 0) is 12.8 Å². The number of thiazole rings is 1. The van der Waals surface area contributed by atoms with Crippen LogP contribution in [0.2, 0.25) is 0 Å². The SMILES string of the molecule is BrCc1sc(N2CCOCC2)nc1C1CC1. The maximum Gasteiger partial charge on any atom is 0.185 e. The molecule has 3 rings (SSSR count). The minimum absolute atomic E-state index is 0.749. The van der Waals surface area contributed by atoms with Crippen molar-refractivity contribution >= 4 is 32.4 Å². The van der Waals surface area contributed by atoms with Gasteiger partial charge in [-0.3, -0.25) is 0 Å². The van der Waals surface area contributed by atoms with Gasteiger partial charge in [-0.1, -0.05) is 15.9 Å². The van der Waals surface area contributed by atoms with Crippen LogP contribution in [-0.2, 0) is 10.1 Å². The number of halogens is 1. The highest BCUT2D eigenvalue weighted by Gasteiger charge is 2.30. The Bertz CT molecular complexity index is 372. The number of aromatic nitrogens is 1. The van der Waals surface area contributed by atoms with Crippen LogP contribution in [0.15, 0.2) is 0 Å². The van der Waals surface area contributed by atoms with Crippen molar-refractivity contribution < 1.29 is 4.74 Å². The summed E-state index contributed by atoms with van der Waals surface area (Å²) in [6, 6.07) is 0. The van der Waals surface area contributed by atoms with Gasteiger partial charge in [0.2, 0.25) is 0 Å². The van der Waals surface area contributed by atoms with E-state index in [1.54, 1.807) is 0 Å². The molecule has 1 aromatic heterocycles. The molecule has 0 radical (unpaired) electrons. The van der Waals surface area contributed by atoms with Crippen LogP contribution in [0.4, 0.5) is 5.13 Å². The van der Waals surface area contributed by atoms with Crippen molar-refractivity contribution in [2.45, 2.75) is 24.1 Å². The summed E-state index contributed by atoms with van der Waals surface area (Å²) in [7, 11) is 0. The number of nitrogens with zero attached hydrogens (tertiary/aromatic N) is 2. The molecule has 5 heteroatoms. The molecule has 0 atom stereocenters. The van der Waals surface area contributed by atoms with Gasteiger partial charge in [0.25, 0.3) is 0 Å². The second kappa shape index (κ2) is 4.63. The maximum atomic E-state index is 5.37. The molecule has 0 spiro atoms. The molecular formula is C11H15BrN2OS. The zero-order chi connectivity index (χ0) is 11.0. The van der Waals surface area contributed by atoms with Gasteiger partial charge in [0.05, 0.1) is 18.9 Å². The molecule has 16 heavy (non-hydrogen) atoms. The van der Waals surface area contributed by atoms with Gasteiger partial charge in [-0.25, -0.2) is 4.98 Å². The second-order valence-corrected chi connectivity index (χ2v) is 5.93. The predicted octanol–water partition coefficient (Wildman–Crippen LogP) is 2.75. The van der Waals surface area contributed by atoms with Gasteiger partial charge in [-0.15, -0.1) is 11.3 Å². The molecule has 3 nitrogen and oxygen atoms in total. The zero-order valence-electron chi connectivity index (χ0n) is 9.12. The van der Waals surface area contributed by atoms with Gasteiger partial charge in [-0.2, -0.15) is 0 Å². The maximum absolute atomic E-state index is 5.37.